The fourth-order valence-electron chi connectivity index (χ4n) is 2.20. The molecule has 0 bridgehead atoms. The predicted octanol–water partition coefficient (Wildman–Crippen LogP) is 2.49. The molecule has 1 N–H and O–H groups in total. The van der Waals surface area contributed by atoms with Crippen molar-refractivity contribution < 1.29 is 14.3 Å². The number of rotatable bonds is 8. The van der Waals surface area contributed by atoms with Crippen molar-refractivity contribution >= 4 is 23.5 Å². The van der Waals surface area contributed by atoms with Crippen LogP contribution in [0.2, 0.25) is 0 Å². The van der Waals surface area contributed by atoms with E-state index in [0.717, 1.165) is 25.7 Å². The lowest BCUT2D eigenvalue weighted by molar-refractivity contribution is -0.145. The highest BCUT2D eigenvalue weighted by atomic mass is 35.5. The first-order chi connectivity index (χ1) is 8.92. The minimum atomic E-state index is -0.524. The van der Waals surface area contributed by atoms with Crippen molar-refractivity contribution in [3.63, 3.8) is 0 Å². The third-order valence-electron chi connectivity index (χ3n) is 3.76. The second-order valence-electron chi connectivity index (χ2n) is 5.87. The Morgan fingerprint density at radius 2 is 2.00 bits per heavy atom. The van der Waals surface area contributed by atoms with Gasteiger partial charge in [-0.05, 0) is 24.7 Å². The number of amides is 1. The van der Waals surface area contributed by atoms with E-state index >= 15 is 0 Å². The Bertz CT molecular complexity index is 331. The van der Waals surface area contributed by atoms with E-state index in [1.54, 1.807) is 0 Å². The molecule has 1 saturated carbocycles. The minimum Gasteiger partial charge on any atom is -0.467 e. The molecule has 1 aliphatic rings. The molecular formula is C14H24ClNO3. The molecule has 0 radical (unpaired) electrons. The third kappa shape index (κ3) is 5.01. The second-order valence-corrected chi connectivity index (χ2v) is 6.25. The number of unbranched alkanes of at least 4 members (excludes halogenated alkanes) is 2. The van der Waals surface area contributed by atoms with E-state index in [2.05, 4.69) is 19.2 Å². The molecule has 1 fully saturated rings. The number of alkyl halides is 1. The van der Waals surface area contributed by atoms with Crippen LogP contribution < -0.4 is 5.32 Å². The number of carbonyl (C=O) groups is 2. The van der Waals surface area contributed by atoms with Crippen LogP contribution >= 0.6 is 11.6 Å². The lowest BCUT2D eigenvalue weighted by Gasteiger charge is -2.17. The van der Waals surface area contributed by atoms with E-state index in [-0.39, 0.29) is 23.2 Å². The van der Waals surface area contributed by atoms with Crippen molar-refractivity contribution in [2.75, 3.05) is 13.0 Å². The average molecular weight is 290 g/mol. The zero-order chi connectivity index (χ0) is 14.5. The van der Waals surface area contributed by atoms with Crippen LogP contribution in [0.1, 0.15) is 46.0 Å². The molecule has 1 amide bonds. The molecule has 19 heavy (non-hydrogen) atoms. The standard InChI is InChI=1S/C14H24ClNO3/c1-14(2)9-10(14)12(17)16-11(13(18)19-3)7-5-4-6-8-15/h10-11H,4-9H2,1-3H3,(H,16,17). The summed E-state index contributed by atoms with van der Waals surface area (Å²) in [6.45, 7) is 4.12. The molecule has 1 rings (SSSR count). The maximum Gasteiger partial charge on any atom is 0.328 e. The van der Waals surface area contributed by atoms with Crippen LogP contribution in [0.4, 0.5) is 0 Å². The van der Waals surface area contributed by atoms with Gasteiger partial charge in [0.1, 0.15) is 6.04 Å². The molecule has 5 heteroatoms. The van der Waals surface area contributed by atoms with Crippen LogP contribution in [0.25, 0.3) is 0 Å². The predicted molar refractivity (Wildman–Crippen MR) is 75.0 cm³/mol. The Hall–Kier alpha value is -0.770. The van der Waals surface area contributed by atoms with E-state index < -0.39 is 6.04 Å². The normalized spacial score (nSPS) is 21.6. The topological polar surface area (TPSA) is 55.4 Å². The van der Waals surface area contributed by atoms with Gasteiger partial charge in [-0.15, -0.1) is 11.6 Å². The Balaban J connectivity index is 2.41. The Kier molecular flexibility index (Phi) is 6.11. The summed E-state index contributed by atoms with van der Waals surface area (Å²) in [6, 6.07) is -0.524. The van der Waals surface area contributed by atoms with Crippen molar-refractivity contribution in [2.45, 2.75) is 52.0 Å². The first-order valence-electron chi connectivity index (χ1n) is 6.86. The van der Waals surface area contributed by atoms with Gasteiger partial charge in [0.25, 0.3) is 0 Å². The molecule has 0 saturated heterocycles. The van der Waals surface area contributed by atoms with E-state index in [1.807, 2.05) is 0 Å². The molecule has 0 spiro atoms. The SMILES string of the molecule is COC(=O)C(CCCCCCl)NC(=O)C1CC1(C)C. The van der Waals surface area contributed by atoms with Gasteiger partial charge in [0, 0.05) is 11.8 Å². The fraction of sp³-hybridized carbons (Fsp3) is 0.857. The summed E-state index contributed by atoms with van der Waals surface area (Å²) < 4.78 is 4.74. The quantitative estimate of drug-likeness (QED) is 0.424. The van der Waals surface area contributed by atoms with Crippen LogP contribution in [0.15, 0.2) is 0 Å². The summed E-state index contributed by atoms with van der Waals surface area (Å²) >= 11 is 5.61. The number of hydrogen-bond acceptors (Lipinski definition) is 3. The maximum absolute atomic E-state index is 12.0. The van der Waals surface area contributed by atoms with E-state index in [1.165, 1.54) is 7.11 Å². The van der Waals surface area contributed by atoms with E-state index in [0.29, 0.717) is 12.3 Å². The molecule has 2 unspecified atom stereocenters. The average Bonchev–Trinajstić information content (AvgIpc) is 3.01. The van der Waals surface area contributed by atoms with Gasteiger partial charge in [0.05, 0.1) is 7.11 Å². The summed E-state index contributed by atoms with van der Waals surface area (Å²) in [6.07, 6.45) is 4.25. The molecule has 2 atom stereocenters. The van der Waals surface area contributed by atoms with Crippen LogP contribution in [0.3, 0.4) is 0 Å². The van der Waals surface area contributed by atoms with Crippen LogP contribution in [0.5, 0.6) is 0 Å². The fourth-order valence-corrected chi connectivity index (χ4v) is 2.39. The molecular weight excluding hydrogens is 266 g/mol. The molecule has 110 valence electrons. The number of halogens is 1. The van der Waals surface area contributed by atoms with Crippen molar-refractivity contribution in [2.24, 2.45) is 11.3 Å². The number of methoxy groups -OCH3 is 1. The number of nitrogens with one attached hydrogen (secondary N) is 1. The van der Waals surface area contributed by atoms with Gasteiger partial charge in [0.2, 0.25) is 5.91 Å². The molecule has 1 aliphatic carbocycles. The van der Waals surface area contributed by atoms with Gasteiger partial charge < -0.3 is 10.1 Å². The number of hydrogen-bond donors (Lipinski definition) is 1. The Morgan fingerprint density at radius 1 is 1.37 bits per heavy atom. The van der Waals surface area contributed by atoms with Gasteiger partial charge in [-0.2, -0.15) is 0 Å². The van der Waals surface area contributed by atoms with Gasteiger partial charge in [0.15, 0.2) is 0 Å². The Morgan fingerprint density at radius 3 is 2.47 bits per heavy atom. The summed E-state index contributed by atoms with van der Waals surface area (Å²) in [4.78, 5) is 23.7. The monoisotopic (exact) mass is 289 g/mol. The summed E-state index contributed by atoms with van der Waals surface area (Å²) in [5.41, 5.74) is 0.0728. The van der Waals surface area contributed by atoms with Gasteiger partial charge >= 0.3 is 5.97 Å². The lowest BCUT2D eigenvalue weighted by Crippen LogP contribution is -2.42. The number of ether oxygens (including phenoxy) is 1. The van der Waals surface area contributed by atoms with Gasteiger partial charge in [-0.1, -0.05) is 26.7 Å². The molecule has 0 aromatic heterocycles. The molecule has 0 heterocycles. The maximum atomic E-state index is 12.0. The van der Waals surface area contributed by atoms with Crippen molar-refractivity contribution in [1.82, 2.24) is 5.32 Å². The highest BCUT2D eigenvalue weighted by Gasteiger charge is 2.51. The van der Waals surface area contributed by atoms with Crippen LogP contribution in [-0.4, -0.2) is 30.9 Å². The lowest BCUT2D eigenvalue weighted by atomic mass is 10.1. The number of esters is 1. The second kappa shape index (κ2) is 7.13. The van der Waals surface area contributed by atoms with Crippen molar-refractivity contribution in [3.05, 3.63) is 0 Å². The zero-order valence-electron chi connectivity index (χ0n) is 12.0. The highest BCUT2D eigenvalue weighted by Crippen LogP contribution is 2.51. The van der Waals surface area contributed by atoms with Crippen molar-refractivity contribution in [1.29, 1.82) is 0 Å². The summed E-state index contributed by atoms with van der Waals surface area (Å²) in [5, 5.41) is 2.82. The molecule has 0 aromatic rings. The molecule has 0 aromatic carbocycles. The highest BCUT2D eigenvalue weighted by molar-refractivity contribution is 6.17. The van der Waals surface area contributed by atoms with Crippen molar-refractivity contribution in [3.8, 4) is 0 Å². The summed E-state index contributed by atoms with van der Waals surface area (Å²) in [5.74, 6) is 0.267. The number of carbonyl (C=O) groups excluding carboxylic acids is 2. The van der Waals surface area contributed by atoms with Crippen LogP contribution in [-0.2, 0) is 14.3 Å². The van der Waals surface area contributed by atoms with Crippen LogP contribution in [0, 0.1) is 11.3 Å². The third-order valence-corrected chi connectivity index (χ3v) is 4.03. The first kappa shape index (κ1) is 16.3. The molecule has 0 aliphatic heterocycles. The van der Waals surface area contributed by atoms with E-state index in [4.69, 9.17) is 16.3 Å². The Labute approximate surface area is 120 Å². The smallest absolute Gasteiger partial charge is 0.328 e. The summed E-state index contributed by atoms with van der Waals surface area (Å²) in [7, 11) is 1.35. The molecule has 4 nitrogen and oxygen atoms in total. The van der Waals surface area contributed by atoms with Gasteiger partial charge in [-0.3, -0.25) is 4.79 Å². The largest absolute Gasteiger partial charge is 0.467 e. The zero-order valence-corrected chi connectivity index (χ0v) is 12.8. The van der Waals surface area contributed by atoms with Gasteiger partial charge in [-0.25, -0.2) is 4.79 Å². The minimum absolute atomic E-state index is 0.0299. The van der Waals surface area contributed by atoms with E-state index in [9.17, 15) is 9.59 Å². The first-order valence-corrected chi connectivity index (χ1v) is 7.40.